The van der Waals surface area contributed by atoms with E-state index in [0.29, 0.717) is 0 Å². The van der Waals surface area contributed by atoms with E-state index in [2.05, 4.69) is 54.2 Å². The summed E-state index contributed by atoms with van der Waals surface area (Å²) in [6.07, 6.45) is 0. The number of amides is 2. The number of urea groups is 1. The van der Waals surface area contributed by atoms with Crippen LogP contribution in [0.1, 0.15) is 5.56 Å². The summed E-state index contributed by atoms with van der Waals surface area (Å²) in [6.45, 7) is 4.05. The maximum absolute atomic E-state index is 12.5. The van der Waals surface area contributed by atoms with Gasteiger partial charge in [-0.15, -0.1) is 0 Å². The van der Waals surface area contributed by atoms with Crippen LogP contribution >= 0.6 is 31.9 Å². The lowest BCUT2D eigenvalue weighted by Crippen LogP contribution is -2.49. The highest BCUT2D eigenvalue weighted by molar-refractivity contribution is 9.11. The van der Waals surface area contributed by atoms with Gasteiger partial charge in [0.25, 0.3) is 0 Å². The van der Waals surface area contributed by atoms with E-state index in [1.807, 2.05) is 35.2 Å². The molecule has 1 saturated heterocycles. The van der Waals surface area contributed by atoms with Crippen molar-refractivity contribution >= 4 is 43.6 Å². The van der Waals surface area contributed by atoms with Crippen LogP contribution in [0.5, 0.6) is 5.75 Å². The number of hydrogen-bond acceptors (Lipinski definition) is 3. The van der Waals surface area contributed by atoms with Gasteiger partial charge in [-0.2, -0.15) is 0 Å². The van der Waals surface area contributed by atoms with Crippen molar-refractivity contribution in [2.24, 2.45) is 0 Å². The van der Waals surface area contributed by atoms with Gasteiger partial charge < -0.3 is 15.0 Å². The van der Waals surface area contributed by atoms with E-state index in [4.69, 9.17) is 4.74 Å². The van der Waals surface area contributed by atoms with Gasteiger partial charge in [0, 0.05) is 41.7 Å². The number of nitrogens with zero attached hydrogens (tertiary/aromatic N) is 2. The monoisotopic (exact) mass is 481 g/mol. The summed E-state index contributed by atoms with van der Waals surface area (Å²) in [5, 5.41) is 2.97. The fraction of sp³-hybridized carbons (Fsp3) is 0.316. The average molecular weight is 483 g/mol. The van der Waals surface area contributed by atoms with Crippen LogP contribution in [-0.4, -0.2) is 49.1 Å². The molecule has 138 valence electrons. The molecule has 1 aliphatic rings. The summed E-state index contributed by atoms with van der Waals surface area (Å²) < 4.78 is 7.02. The summed E-state index contributed by atoms with van der Waals surface area (Å²) in [4.78, 5) is 16.7. The third-order valence-corrected chi connectivity index (χ3v) is 5.55. The van der Waals surface area contributed by atoms with Crippen LogP contribution in [0.4, 0.5) is 10.5 Å². The van der Waals surface area contributed by atoms with Gasteiger partial charge in [0.1, 0.15) is 5.75 Å². The van der Waals surface area contributed by atoms with Gasteiger partial charge in [0.05, 0.1) is 12.8 Å². The molecule has 0 unspecified atom stereocenters. The standard InChI is InChI=1S/C19H21Br2N3O2/c1-26-16-5-2-14(3-6-16)13-23-8-10-24(11-9-23)19(25)22-18-7-4-15(20)12-17(18)21/h2-7,12H,8-11,13H2,1H3,(H,22,25). The van der Waals surface area contributed by atoms with Crippen LogP contribution in [-0.2, 0) is 6.54 Å². The Balaban J connectivity index is 1.50. The summed E-state index contributed by atoms with van der Waals surface area (Å²) in [7, 11) is 1.67. The summed E-state index contributed by atoms with van der Waals surface area (Å²) in [5.41, 5.74) is 2.03. The first-order valence-corrected chi connectivity index (χ1v) is 10.00. The van der Waals surface area contributed by atoms with Crippen molar-refractivity contribution < 1.29 is 9.53 Å². The SMILES string of the molecule is COc1ccc(CN2CCN(C(=O)Nc3ccc(Br)cc3Br)CC2)cc1. The van der Waals surface area contributed by atoms with Gasteiger partial charge >= 0.3 is 6.03 Å². The second-order valence-electron chi connectivity index (χ2n) is 6.17. The minimum Gasteiger partial charge on any atom is -0.497 e. The Morgan fingerprint density at radius 2 is 1.77 bits per heavy atom. The highest BCUT2D eigenvalue weighted by atomic mass is 79.9. The van der Waals surface area contributed by atoms with Crippen molar-refractivity contribution in [2.45, 2.75) is 6.54 Å². The lowest BCUT2D eigenvalue weighted by Gasteiger charge is -2.34. The highest BCUT2D eigenvalue weighted by Gasteiger charge is 2.21. The minimum atomic E-state index is -0.0582. The molecule has 2 aromatic carbocycles. The number of halogens is 2. The van der Waals surface area contributed by atoms with Crippen molar-refractivity contribution in [3.8, 4) is 5.75 Å². The first kappa shape index (κ1) is 19.2. The van der Waals surface area contributed by atoms with E-state index in [0.717, 1.165) is 53.1 Å². The number of piperazine rings is 1. The largest absolute Gasteiger partial charge is 0.497 e. The number of methoxy groups -OCH3 is 1. The minimum absolute atomic E-state index is 0.0582. The molecule has 26 heavy (non-hydrogen) atoms. The molecule has 0 bridgehead atoms. The first-order valence-electron chi connectivity index (χ1n) is 8.41. The van der Waals surface area contributed by atoms with E-state index in [1.165, 1.54) is 5.56 Å². The fourth-order valence-electron chi connectivity index (χ4n) is 2.88. The molecule has 2 aromatic rings. The highest BCUT2D eigenvalue weighted by Crippen LogP contribution is 2.26. The van der Waals surface area contributed by atoms with Gasteiger partial charge in [-0.05, 0) is 51.8 Å². The first-order chi connectivity index (χ1) is 12.5. The summed E-state index contributed by atoms with van der Waals surface area (Å²) >= 11 is 6.89. The van der Waals surface area contributed by atoms with Crippen molar-refractivity contribution in [3.63, 3.8) is 0 Å². The number of rotatable bonds is 4. The molecule has 1 heterocycles. The van der Waals surface area contributed by atoms with Crippen LogP contribution in [0.15, 0.2) is 51.4 Å². The maximum atomic E-state index is 12.5. The van der Waals surface area contributed by atoms with Crippen molar-refractivity contribution in [1.82, 2.24) is 9.80 Å². The van der Waals surface area contributed by atoms with E-state index >= 15 is 0 Å². The molecule has 0 aliphatic carbocycles. The zero-order valence-electron chi connectivity index (χ0n) is 14.5. The molecular weight excluding hydrogens is 462 g/mol. The molecule has 7 heteroatoms. The molecule has 1 N–H and O–H groups in total. The van der Waals surface area contributed by atoms with Crippen LogP contribution in [0.2, 0.25) is 0 Å². The quantitative estimate of drug-likeness (QED) is 0.694. The van der Waals surface area contributed by atoms with Gasteiger partial charge in [-0.1, -0.05) is 28.1 Å². The maximum Gasteiger partial charge on any atom is 0.321 e. The normalized spacial score (nSPS) is 15.0. The Morgan fingerprint density at radius 1 is 1.08 bits per heavy atom. The zero-order chi connectivity index (χ0) is 18.5. The van der Waals surface area contributed by atoms with E-state index in [-0.39, 0.29) is 6.03 Å². The Bertz CT molecular complexity index is 760. The van der Waals surface area contributed by atoms with Crippen molar-refractivity contribution in [1.29, 1.82) is 0 Å². The van der Waals surface area contributed by atoms with Crippen molar-refractivity contribution in [3.05, 3.63) is 57.0 Å². The fourth-order valence-corrected chi connectivity index (χ4v) is 4.03. The molecule has 3 rings (SSSR count). The van der Waals surface area contributed by atoms with Crippen LogP contribution in [0, 0.1) is 0 Å². The number of carbonyl (C=O) groups is 1. The van der Waals surface area contributed by atoms with E-state index in [9.17, 15) is 4.79 Å². The Kier molecular flexibility index (Phi) is 6.56. The Hall–Kier alpha value is -1.57. The Morgan fingerprint density at radius 3 is 2.38 bits per heavy atom. The van der Waals surface area contributed by atoms with Crippen molar-refractivity contribution in [2.75, 3.05) is 38.6 Å². The third kappa shape index (κ3) is 4.99. The predicted molar refractivity (Wildman–Crippen MR) is 111 cm³/mol. The zero-order valence-corrected chi connectivity index (χ0v) is 17.7. The smallest absolute Gasteiger partial charge is 0.321 e. The second-order valence-corrected chi connectivity index (χ2v) is 7.94. The van der Waals surface area contributed by atoms with Crippen LogP contribution < -0.4 is 10.1 Å². The molecule has 0 saturated carbocycles. The summed E-state index contributed by atoms with van der Waals surface area (Å²) in [5.74, 6) is 0.870. The number of ether oxygens (including phenoxy) is 1. The molecule has 5 nitrogen and oxygen atoms in total. The molecular formula is C19H21Br2N3O2. The number of benzene rings is 2. The molecule has 1 fully saturated rings. The lowest BCUT2D eigenvalue weighted by atomic mass is 10.2. The molecule has 0 aromatic heterocycles. The number of nitrogens with one attached hydrogen (secondary N) is 1. The number of hydrogen-bond donors (Lipinski definition) is 1. The van der Waals surface area contributed by atoms with Gasteiger partial charge in [0.15, 0.2) is 0 Å². The molecule has 0 spiro atoms. The molecule has 2 amide bonds. The molecule has 0 radical (unpaired) electrons. The number of anilines is 1. The molecule has 1 aliphatic heterocycles. The van der Waals surface area contributed by atoms with Crippen LogP contribution in [0.25, 0.3) is 0 Å². The predicted octanol–water partition coefficient (Wildman–Crippen LogP) is 4.57. The Labute approximate surface area is 170 Å². The third-order valence-electron chi connectivity index (χ3n) is 4.40. The summed E-state index contributed by atoms with van der Waals surface area (Å²) in [6, 6.07) is 13.8. The average Bonchev–Trinajstić information content (AvgIpc) is 2.65. The second kappa shape index (κ2) is 8.88. The lowest BCUT2D eigenvalue weighted by molar-refractivity contribution is 0.143. The van der Waals surface area contributed by atoms with Gasteiger partial charge in [0.2, 0.25) is 0 Å². The topological polar surface area (TPSA) is 44.8 Å². The van der Waals surface area contributed by atoms with Gasteiger partial charge in [-0.3, -0.25) is 4.90 Å². The van der Waals surface area contributed by atoms with Gasteiger partial charge in [-0.25, -0.2) is 4.79 Å². The van der Waals surface area contributed by atoms with E-state index in [1.54, 1.807) is 7.11 Å². The van der Waals surface area contributed by atoms with E-state index < -0.39 is 0 Å². The van der Waals surface area contributed by atoms with Crippen LogP contribution in [0.3, 0.4) is 0 Å². The molecule has 0 atom stereocenters. The number of carbonyl (C=O) groups excluding carboxylic acids is 1.